The van der Waals surface area contributed by atoms with Crippen molar-refractivity contribution in [3.8, 4) is 0 Å². The highest BCUT2D eigenvalue weighted by molar-refractivity contribution is 9.11. The zero-order valence-corrected chi connectivity index (χ0v) is 12.4. The molecular weight excluding hydrogens is 327 g/mol. The van der Waals surface area contributed by atoms with Gasteiger partial charge in [0.15, 0.2) is 0 Å². The van der Waals surface area contributed by atoms with Crippen LogP contribution >= 0.6 is 43.5 Å². The van der Waals surface area contributed by atoms with Crippen molar-refractivity contribution >= 4 is 43.5 Å². The van der Waals surface area contributed by atoms with Crippen LogP contribution in [0.25, 0.3) is 0 Å². The van der Waals surface area contributed by atoms with Gasteiger partial charge in [0, 0.05) is 8.95 Å². The first-order chi connectivity index (χ1) is 6.43. The van der Waals surface area contributed by atoms with Crippen LogP contribution in [0.4, 0.5) is 0 Å². The molecule has 1 rings (SSSR count). The van der Waals surface area contributed by atoms with Crippen molar-refractivity contribution in [2.24, 2.45) is 5.92 Å². The first-order valence-electron chi connectivity index (χ1n) is 4.53. The van der Waals surface area contributed by atoms with Crippen molar-refractivity contribution in [3.05, 3.63) is 32.2 Å². The fourth-order valence-corrected chi connectivity index (χ4v) is 2.61. The van der Waals surface area contributed by atoms with Gasteiger partial charge in [0.2, 0.25) is 0 Å². The Bertz CT molecular complexity index is 334. The number of rotatable bonds is 2. The number of alkyl halides is 1. The molecule has 0 aromatic heterocycles. The molecule has 0 aliphatic rings. The van der Waals surface area contributed by atoms with E-state index in [1.54, 1.807) is 0 Å². The number of hydrogen-bond acceptors (Lipinski definition) is 0. The molecule has 0 bridgehead atoms. The molecule has 0 nitrogen and oxygen atoms in total. The van der Waals surface area contributed by atoms with Crippen LogP contribution in [-0.4, -0.2) is 0 Å². The van der Waals surface area contributed by atoms with Gasteiger partial charge in [-0.25, -0.2) is 0 Å². The first-order valence-corrected chi connectivity index (χ1v) is 6.55. The van der Waals surface area contributed by atoms with Gasteiger partial charge in [-0.2, -0.15) is 0 Å². The van der Waals surface area contributed by atoms with E-state index in [-0.39, 0.29) is 5.38 Å². The SMILES string of the molecule is Cc1cc(Br)c(C(Cl)C(C)C)cc1Br. The summed E-state index contributed by atoms with van der Waals surface area (Å²) in [7, 11) is 0. The maximum Gasteiger partial charge on any atom is 0.0619 e. The quantitative estimate of drug-likeness (QED) is 0.628. The molecule has 0 spiro atoms. The van der Waals surface area contributed by atoms with E-state index in [0.717, 1.165) is 14.5 Å². The standard InChI is InChI=1S/C11H13Br2Cl/c1-6(2)11(14)8-5-9(12)7(3)4-10(8)13/h4-6,11H,1-3H3. The predicted molar refractivity (Wildman–Crippen MR) is 70.0 cm³/mol. The largest absolute Gasteiger partial charge is 0.118 e. The predicted octanol–water partition coefficient (Wildman–Crippen LogP) is 5.46. The highest BCUT2D eigenvalue weighted by atomic mass is 79.9. The lowest BCUT2D eigenvalue weighted by Gasteiger charge is -2.16. The van der Waals surface area contributed by atoms with Crippen LogP contribution in [-0.2, 0) is 0 Å². The Morgan fingerprint density at radius 2 is 1.71 bits per heavy atom. The van der Waals surface area contributed by atoms with E-state index in [1.165, 1.54) is 5.56 Å². The maximum absolute atomic E-state index is 6.32. The number of hydrogen-bond donors (Lipinski definition) is 0. The van der Waals surface area contributed by atoms with Gasteiger partial charge in [-0.1, -0.05) is 45.7 Å². The topological polar surface area (TPSA) is 0 Å². The summed E-state index contributed by atoms with van der Waals surface area (Å²) in [4.78, 5) is 0. The lowest BCUT2D eigenvalue weighted by Crippen LogP contribution is -2.00. The summed E-state index contributed by atoms with van der Waals surface area (Å²) in [5.74, 6) is 0.433. The summed E-state index contributed by atoms with van der Waals surface area (Å²) in [6, 6.07) is 4.19. The Labute approximate surface area is 107 Å². The van der Waals surface area contributed by atoms with Crippen LogP contribution in [0, 0.1) is 12.8 Å². The van der Waals surface area contributed by atoms with Gasteiger partial charge < -0.3 is 0 Å². The van der Waals surface area contributed by atoms with Crippen molar-refractivity contribution in [2.45, 2.75) is 26.1 Å². The van der Waals surface area contributed by atoms with Gasteiger partial charge in [-0.3, -0.25) is 0 Å². The molecule has 0 amide bonds. The van der Waals surface area contributed by atoms with E-state index < -0.39 is 0 Å². The Balaban J connectivity index is 3.15. The van der Waals surface area contributed by atoms with Gasteiger partial charge in [0.25, 0.3) is 0 Å². The third-order valence-corrected chi connectivity index (χ3v) is 4.44. The Kier molecular flexibility index (Phi) is 4.48. The number of aryl methyl sites for hydroxylation is 1. The van der Waals surface area contributed by atoms with Gasteiger partial charge in [0.05, 0.1) is 5.38 Å². The molecule has 78 valence electrons. The minimum absolute atomic E-state index is 0.0567. The maximum atomic E-state index is 6.32. The minimum atomic E-state index is 0.0567. The minimum Gasteiger partial charge on any atom is -0.118 e. The zero-order valence-electron chi connectivity index (χ0n) is 8.44. The van der Waals surface area contributed by atoms with E-state index >= 15 is 0 Å². The molecule has 0 saturated carbocycles. The lowest BCUT2D eigenvalue weighted by molar-refractivity contribution is 0.622. The second kappa shape index (κ2) is 5.00. The van der Waals surface area contributed by atoms with Crippen molar-refractivity contribution in [3.63, 3.8) is 0 Å². The molecule has 1 unspecified atom stereocenters. The highest BCUT2D eigenvalue weighted by Crippen LogP contribution is 2.36. The molecule has 1 aromatic rings. The molecule has 14 heavy (non-hydrogen) atoms. The van der Waals surface area contributed by atoms with E-state index in [1.807, 2.05) is 0 Å². The summed E-state index contributed by atoms with van der Waals surface area (Å²) in [5, 5.41) is 0.0567. The highest BCUT2D eigenvalue weighted by Gasteiger charge is 2.16. The average molecular weight is 340 g/mol. The van der Waals surface area contributed by atoms with Crippen LogP contribution in [0.1, 0.15) is 30.4 Å². The van der Waals surface area contributed by atoms with Crippen molar-refractivity contribution in [1.82, 2.24) is 0 Å². The smallest absolute Gasteiger partial charge is 0.0619 e. The van der Waals surface area contributed by atoms with E-state index in [2.05, 4.69) is 64.8 Å². The molecule has 0 aliphatic carbocycles. The van der Waals surface area contributed by atoms with Crippen LogP contribution in [0.5, 0.6) is 0 Å². The van der Waals surface area contributed by atoms with Crippen LogP contribution in [0.15, 0.2) is 21.1 Å². The Hall–Kier alpha value is 0.470. The second-order valence-corrected chi connectivity index (χ2v) is 5.95. The molecule has 0 N–H and O–H groups in total. The van der Waals surface area contributed by atoms with Gasteiger partial charge >= 0.3 is 0 Å². The number of benzene rings is 1. The monoisotopic (exact) mass is 338 g/mol. The van der Waals surface area contributed by atoms with E-state index in [4.69, 9.17) is 11.6 Å². The average Bonchev–Trinajstić information content (AvgIpc) is 2.10. The third kappa shape index (κ3) is 2.74. The molecule has 0 saturated heterocycles. The summed E-state index contributed by atoms with van der Waals surface area (Å²) in [5.41, 5.74) is 2.37. The molecule has 1 aromatic carbocycles. The molecule has 0 heterocycles. The fraction of sp³-hybridized carbons (Fsp3) is 0.455. The van der Waals surface area contributed by atoms with Crippen molar-refractivity contribution in [1.29, 1.82) is 0 Å². The molecule has 0 radical (unpaired) electrons. The Morgan fingerprint density at radius 3 is 2.21 bits per heavy atom. The zero-order chi connectivity index (χ0) is 10.9. The molecular formula is C11H13Br2Cl. The van der Waals surface area contributed by atoms with Gasteiger partial charge in [-0.05, 0) is 36.1 Å². The normalized spacial score (nSPS) is 13.4. The molecule has 0 fully saturated rings. The first kappa shape index (κ1) is 12.5. The lowest BCUT2D eigenvalue weighted by atomic mass is 10.0. The fourth-order valence-electron chi connectivity index (χ4n) is 1.23. The second-order valence-electron chi connectivity index (χ2n) is 3.77. The summed E-state index contributed by atoms with van der Waals surface area (Å²) >= 11 is 13.4. The van der Waals surface area contributed by atoms with E-state index in [0.29, 0.717) is 5.92 Å². The van der Waals surface area contributed by atoms with Crippen LogP contribution in [0.2, 0.25) is 0 Å². The van der Waals surface area contributed by atoms with Crippen LogP contribution in [0.3, 0.4) is 0 Å². The summed E-state index contributed by atoms with van der Waals surface area (Å²) in [6.07, 6.45) is 0. The van der Waals surface area contributed by atoms with Crippen molar-refractivity contribution < 1.29 is 0 Å². The Morgan fingerprint density at radius 1 is 1.14 bits per heavy atom. The van der Waals surface area contributed by atoms with Crippen LogP contribution < -0.4 is 0 Å². The van der Waals surface area contributed by atoms with Gasteiger partial charge in [-0.15, -0.1) is 11.6 Å². The summed E-state index contributed by atoms with van der Waals surface area (Å²) in [6.45, 7) is 6.31. The van der Waals surface area contributed by atoms with Gasteiger partial charge in [0.1, 0.15) is 0 Å². The molecule has 1 atom stereocenters. The third-order valence-electron chi connectivity index (χ3n) is 2.16. The van der Waals surface area contributed by atoms with Crippen molar-refractivity contribution in [2.75, 3.05) is 0 Å². The van der Waals surface area contributed by atoms with E-state index in [9.17, 15) is 0 Å². The molecule has 3 heteroatoms. The molecule has 0 aliphatic heterocycles. The number of halogens is 3. The summed E-state index contributed by atoms with van der Waals surface area (Å²) < 4.78 is 2.20.